The second-order valence-electron chi connectivity index (χ2n) is 3.03. The number of ether oxygens (including phenoxy) is 1. The van der Waals surface area contributed by atoms with Crippen LogP contribution in [-0.2, 0) is 6.42 Å². The quantitative estimate of drug-likeness (QED) is 0.810. The van der Waals surface area contributed by atoms with Crippen LogP contribution in [0.1, 0.15) is 5.56 Å². The Morgan fingerprint density at radius 2 is 2.07 bits per heavy atom. The maximum Gasteiger partial charge on any atom is 0.202 e. The summed E-state index contributed by atoms with van der Waals surface area (Å²) in [4.78, 5) is 0. The van der Waals surface area contributed by atoms with Crippen LogP contribution >= 0.6 is 11.6 Å². The molecule has 84 valence electrons. The standard InChI is InChI=1S/C10H12ClF2NO/c1-14-4-3-6-5-7(11)10(15-2)9(13)8(6)12/h5,14H,3-4H2,1-2H3. The van der Waals surface area contributed by atoms with E-state index in [9.17, 15) is 8.78 Å². The lowest BCUT2D eigenvalue weighted by atomic mass is 10.1. The number of benzene rings is 1. The number of hydrogen-bond donors (Lipinski definition) is 1. The first-order chi connectivity index (χ1) is 7.11. The summed E-state index contributed by atoms with van der Waals surface area (Å²) in [5.74, 6) is -2.18. The van der Waals surface area contributed by atoms with Crippen molar-refractivity contribution in [2.45, 2.75) is 6.42 Å². The van der Waals surface area contributed by atoms with Gasteiger partial charge in [-0.2, -0.15) is 4.39 Å². The molecule has 5 heteroatoms. The molecule has 1 aromatic rings. The van der Waals surface area contributed by atoms with Gasteiger partial charge in [-0.05, 0) is 31.6 Å². The average Bonchev–Trinajstić information content (AvgIpc) is 2.22. The summed E-state index contributed by atoms with van der Waals surface area (Å²) in [7, 11) is 2.98. The Morgan fingerprint density at radius 3 is 2.60 bits per heavy atom. The van der Waals surface area contributed by atoms with Crippen molar-refractivity contribution in [2.24, 2.45) is 0 Å². The van der Waals surface area contributed by atoms with E-state index in [1.54, 1.807) is 7.05 Å². The van der Waals surface area contributed by atoms with Crippen LogP contribution in [0.5, 0.6) is 5.75 Å². The molecular weight excluding hydrogens is 224 g/mol. The fraction of sp³-hybridized carbons (Fsp3) is 0.400. The zero-order chi connectivity index (χ0) is 11.4. The van der Waals surface area contributed by atoms with Crippen molar-refractivity contribution in [3.63, 3.8) is 0 Å². The monoisotopic (exact) mass is 235 g/mol. The van der Waals surface area contributed by atoms with Gasteiger partial charge < -0.3 is 10.1 Å². The predicted octanol–water partition coefficient (Wildman–Crippen LogP) is 2.39. The molecule has 0 bridgehead atoms. The molecule has 0 aliphatic heterocycles. The van der Waals surface area contributed by atoms with E-state index in [2.05, 4.69) is 10.1 Å². The van der Waals surface area contributed by atoms with Crippen molar-refractivity contribution in [3.8, 4) is 5.75 Å². The molecule has 0 saturated heterocycles. The molecule has 0 radical (unpaired) electrons. The molecule has 1 aromatic carbocycles. The van der Waals surface area contributed by atoms with Crippen molar-refractivity contribution in [1.82, 2.24) is 5.32 Å². The lowest BCUT2D eigenvalue weighted by Gasteiger charge is -2.09. The van der Waals surface area contributed by atoms with Crippen LogP contribution in [0.2, 0.25) is 5.02 Å². The lowest BCUT2D eigenvalue weighted by Crippen LogP contribution is -2.12. The van der Waals surface area contributed by atoms with E-state index in [0.717, 1.165) is 0 Å². The van der Waals surface area contributed by atoms with E-state index < -0.39 is 11.6 Å². The van der Waals surface area contributed by atoms with Gasteiger partial charge in [0.05, 0.1) is 12.1 Å². The summed E-state index contributed by atoms with van der Waals surface area (Å²) in [5, 5.41) is 2.93. The Kier molecular flexibility index (Phi) is 4.29. The minimum absolute atomic E-state index is 0.0857. The fourth-order valence-electron chi connectivity index (χ4n) is 1.26. The molecule has 0 spiro atoms. The number of likely N-dealkylation sites (N-methyl/N-ethyl adjacent to an activating group) is 1. The van der Waals surface area contributed by atoms with E-state index in [4.69, 9.17) is 11.6 Å². The van der Waals surface area contributed by atoms with Gasteiger partial charge in [-0.1, -0.05) is 11.6 Å². The second kappa shape index (κ2) is 5.28. The fourth-order valence-corrected chi connectivity index (χ4v) is 1.55. The van der Waals surface area contributed by atoms with E-state index in [1.165, 1.54) is 13.2 Å². The van der Waals surface area contributed by atoms with E-state index in [0.29, 0.717) is 13.0 Å². The van der Waals surface area contributed by atoms with E-state index >= 15 is 0 Å². The summed E-state index contributed by atoms with van der Waals surface area (Å²) in [6.45, 7) is 0.555. The summed E-state index contributed by atoms with van der Waals surface area (Å²) in [6.07, 6.45) is 0.378. The van der Waals surface area contributed by atoms with Crippen LogP contribution in [0, 0.1) is 11.6 Å². The van der Waals surface area contributed by atoms with Crippen LogP contribution in [-0.4, -0.2) is 20.7 Å². The Morgan fingerprint density at radius 1 is 1.40 bits per heavy atom. The van der Waals surface area contributed by atoms with Gasteiger partial charge >= 0.3 is 0 Å². The number of nitrogens with one attached hydrogen (secondary N) is 1. The maximum absolute atomic E-state index is 13.4. The molecule has 15 heavy (non-hydrogen) atoms. The Labute approximate surface area is 92.2 Å². The zero-order valence-electron chi connectivity index (χ0n) is 8.53. The highest BCUT2D eigenvalue weighted by atomic mass is 35.5. The summed E-state index contributed by atoms with van der Waals surface area (Å²) in [6, 6.07) is 1.39. The highest BCUT2D eigenvalue weighted by molar-refractivity contribution is 6.32. The third-order valence-electron chi connectivity index (χ3n) is 2.04. The molecule has 1 N–H and O–H groups in total. The molecule has 0 saturated carbocycles. The summed E-state index contributed by atoms with van der Waals surface area (Å²) >= 11 is 5.73. The third-order valence-corrected chi connectivity index (χ3v) is 2.32. The molecule has 2 nitrogen and oxygen atoms in total. The highest BCUT2D eigenvalue weighted by Crippen LogP contribution is 2.31. The Hall–Kier alpha value is -0.870. The molecule has 0 aliphatic rings. The Bertz CT molecular complexity index is 358. The second-order valence-corrected chi connectivity index (χ2v) is 3.44. The van der Waals surface area contributed by atoms with Crippen molar-refractivity contribution in [1.29, 1.82) is 0 Å². The predicted molar refractivity (Wildman–Crippen MR) is 55.6 cm³/mol. The van der Waals surface area contributed by atoms with E-state index in [-0.39, 0.29) is 16.3 Å². The van der Waals surface area contributed by atoms with Gasteiger partial charge in [-0.3, -0.25) is 0 Å². The first-order valence-electron chi connectivity index (χ1n) is 4.46. The topological polar surface area (TPSA) is 21.3 Å². The van der Waals surface area contributed by atoms with E-state index in [1.807, 2.05) is 0 Å². The number of methoxy groups -OCH3 is 1. The number of rotatable bonds is 4. The van der Waals surface area contributed by atoms with Crippen LogP contribution in [0.3, 0.4) is 0 Å². The highest BCUT2D eigenvalue weighted by Gasteiger charge is 2.17. The molecule has 0 unspecified atom stereocenters. The first-order valence-corrected chi connectivity index (χ1v) is 4.84. The maximum atomic E-state index is 13.4. The van der Waals surface area contributed by atoms with Crippen molar-refractivity contribution >= 4 is 11.6 Å². The normalized spacial score (nSPS) is 10.5. The minimum Gasteiger partial charge on any atom is -0.492 e. The Balaban J connectivity index is 3.10. The average molecular weight is 236 g/mol. The molecule has 1 rings (SSSR count). The van der Waals surface area contributed by atoms with Crippen molar-refractivity contribution in [3.05, 3.63) is 28.3 Å². The number of halogens is 3. The van der Waals surface area contributed by atoms with Crippen LogP contribution in [0.4, 0.5) is 8.78 Å². The first kappa shape index (κ1) is 12.2. The number of hydrogen-bond acceptors (Lipinski definition) is 2. The smallest absolute Gasteiger partial charge is 0.202 e. The molecule has 0 amide bonds. The van der Waals surface area contributed by atoms with Gasteiger partial charge in [-0.25, -0.2) is 4.39 Å². The molecule has 0 aliphatic carbocycles. The summed E-state index contributed by atoms with van der Waals surface area (Å²) < 4.78 is 31.4. The third kappa shape index (κ3) is 2.58. The molecule has 0 fully saturated rings. The van der Waals surface area contributed by atoms with Gasteiger partial charge in [0.1, 0.15) is 0 Å². The molecule has 0 aromatic heterocycles. The summed E-state index contributed by atoms with van der Waals surface area (Å²) in [5.41, 5.74) is 0.243. The van der Waals surface area contributed by atoms with Crippen LogP contribution in [0.25, 0.3) is 0 Å². The van der Waals surface area contributed by atoms with Gasteiger partial charge in [0, 0.05) is 0 Å². The largest absolute Gasteiger partial charge is 0.492 e. The SMILES string of the molecule is CNCCc1cc(Cl)c(OC)c(F)c1F. The molecule has 0 heterocycles. The lowest BCUT2D eigenvalue weighted by molar-refractivity contribution is 0.370. The molecular formula is C10H12ClF2NO. The van der Waals surface area contributed by atoms with Crippen LogP contribution in [0.15, 0.2) is 6.07 Å². The van der Waals surface area contributed by atoms with Crippen molar-refractivity contribution < 1.29 is 13.5 Å². The molecule has 0 atom stereocenters. The van der Waals surface area contributed by atoms with Crippen molar-refractivity contribution in [2.75, 3.05) is 20.7 Å². The minimum atomic E-state index is -1.03. The zero-order valence-corrected chi connectivity index (χ0v) is 9.29. The van der Waals surface area contributed by atoms with Crippen LogP contribution < -0.4 is 10.1 Å². The van der Waals surface area contributed by atoms with Gasteiger partial charge in [0.25, 0.3) is 0 Å². The van der Waals surface area contributed by atoms with Gasteiger partial charge in [0.2, 0.25) is 5.82 Å². The van der Waals surface area contributed by atoms with Gasteiger partial charge in [0.15, 0.2) is 11.6 Å². The van der Waals surface area contributed by atoms with Gasteiger partial charge in [-0.15, -0.1) is 0 Å².